The Labute approximate surface area is 170 Å². The van der Waals surface area contributed by atoms with Crippen LogP contribution in [0.3, 0.4) is 0 Å². The summed E-state index contributed by atoms with van der Waals surface area (Å²) in [4.78, 5) is 1.20. The molecule has 1 aromatic heterocycles. The minimum Gasteiger partial charge on any atom is -0.122 e. The number of benzene rings is 3. The SMILES string of the molecule is S=c1sc(-c2ccccc2)c(-c2ccccc2)c(-c2ccccc2)c1Br. The molecule has 0 nitrogen and oxygen atoms in total. The molecule has 0 spiro atoms. The van der Waals surface area contributed by atoms with E-state index in [1.165, 1.54) is 21.6 Å². The van der Waals surface area contributed by atoms with Gasteiger partial charge in [0.05, 0.1) is 4.47 Å². The van der Waals surface area contributed by atoms with Gasteiger partial charge >= 0.3 is 0 Å². The maximum atomic E-state index is 5.71. The average molecular weight is 435 g/mol. The highest BCUT2D eigenvalue weighted by Crippen LogP contribution is 2.46. The molecule has 0 radical (unpaired) electrons. The zero-order valence-corrected chi connectivity index (χ0v) is 17.1. The van der Waals surface area contributed by atoms with Crippen LogP contribution >= 0.6 is 39.5 Å². The van der Waals surface area contributed by atoms with Gasteiger partial charge in [0, 0.05) is 16.0 Å². The summed E-state index contributed by atoms with van der Waals surface area (Å²) in [6.45, 7) is 0. The Bertz CT molecular complexity index is 1090. The van der Waals surface area contributed by atoms with Gasteiger partial charge in [0.15, 0.2) is 0 Å². The topological polar surface area (TPSA) is 0 Å². The molecular formula is C23H15BrS2. The van der Waals surface area contributed by atoms with Crippen LogP contribution in [0.4, 0.5) is 0 Å². The van der Waals surface area contributed by atoms with Gasteiger partial charge in [-0.2, -0.15) is 0 Å². The lowest BCUT2D eigenvalue weighted by Gasteiger charge is -2.17. The first-order valence-corrected chi connectivity index (χ1v) is 10.3. The minimum absolute atomic E-state index is 0.863. The Morgan fingerprint density at radius 3 is 1.50 bits per heavy atom. The molecule has 0 atom stereocenters. The lowest BCUT2D eigenvalue weighted by Crippen LogP contribution is -1.91. The Hall–Kier alpha value is -2.07. The van der Waals surface area contributed by atoms with E-state index in [9.17, 15) is 0 Å². The van der Waals surface area contributed by atoms with Gasteiger partial charge in [0.1, 0.15) is 3.82 Å². The number of hydrogen-bond donors (Lipinski definition) is 0. The summed E-state index contributed by atoms with van der Waals surface area (Å²) in [6, 6.07) is 31.5. The van der Waals surface area contributed by atoms with Crippen LogP contribution in [0, 0.1) is 3.82 Å². The highest BCUT2D eigenvalue weighted by Gasteiger charge is 2.19. The summed E-state index contributed by atoms with van der Waals surface area (Å²) in [6.07, 6.45) is 0. The molecule has 0 fully saturated rings. The molecule has 0 aliphatic heterocycles. The fraction of sp³-hybridized carbons (Fsp3) is 0. The second-order valence-corrected chi connectivity index (χ2v) is 8.36. The van der Waals surface area contributed by atoms with Crippen LogP contribution in [0.2, 0.25) is 0 Å². The van der Waals surface area contributed by atoms with Gasteiger partial charge in [-0.3, -0.25) is 0 Å². The third-order valence-corrected chi connectivity index (χ3v) is 7.04. The third-order valence-electron chi connectivity index (χ3n) is 4.23. The molecule has 0 saturated carbocycles. The van der Waals surface area contributed by atoms with E-state index in [1.807, 2.05) is 18.2 Å². The van der Waals surface area contributed by atoms with E-state index >= 15 is 0 Å². The van der Waals surface area contributed by atoms with E-state index in [4.69, 9.17) is 12.2 Å². The smallest absolute Gasteiger partial charge is 0.105 e. The molecule has 26 heavy (non-hydrogen) atoms. The van der Waals surface area contributed by atoms with E-state index < -0.39 is 0 Å². The van der Waals surface area contributed by atoms with E-state index in [-0.39, 0.29) is 0 Å². The van der Waals surface area contributed by atoms with Crippen molar-refractivity contribution >= 4 is 39.5 Å². The van der Waals surface area contributed by atoms with Gasteiger partial charge in [0.2, 0.25) is 0 Å². The standard InChI is InChI=1S/C23H15BrS2/c24-21-19(16-10-4-1-5-11-16)20(17-12-6-2-7-13-17)22(26-23(21)25)18-14-8-3-9-15-18/h1-15H. The van der Waals surface area contributed by atoms with Crippen molar-refractivity contribution in [2.24, 2.45) is 0 Å². The second kappa shape index (κ2) is 7.67. The molecule has 4 aromatic rings. The van der Waals surface area contributed by atoms with Crippen molar-refractivity contribution in [3.63, 3.8) is 0 Å². The molecule has 0 saturated heterocycles. The quantitative estimate of drug-likeness (QED) is 0.292. The third kappa shape index (κ3) is 3.30. The van der Waals surface area contributed by atoms with Gasteiger partial charge in [-0.1, -0.05) is 103 Å². The van der Waals surface area contributed by atoms with Crippen LogP contribution in [-0.4, -0.2) is 0 Å². The molecule has 4 rings (SSSR count). The van der Waals surface area contributed by atoms with Crippen molar-refractivity contribution in [1.82, 2.24) is 0 Å². The van der Waals surface area contributed by atoms with E-state index in [1.54, 1.807) is 11.3 Å². The summed E-state index contributed by atoms with van der Waals surface area (Å²) in [5.41, 5.74) is 5.91. The van der Waals surface area contributed by atoms with Crippen molar-refractivity contribution in [2.45, 2.75) is 0 Å². The molecule has 0 aliphatic rings. The zero-order chi connectivity index (χ0) is 17.9. The monoisotopic (exact) mass is 434 g/mol. The molecule has 0 aliphatic carbocycles. The Kier molecular flexibility index (Phi) is 5.11. The summed E-state index contributed by atoms with van der Waals surface area (Å²) < 4.78 is 1.85. The Balaban J connectivity index is 2.14. The van der Waals surface area contributed by atoms with E-state index in [0.717, 1.165) is 19.4 Å². The van der Waals surface area contributed by atoms with Gasteiger partial charge in [0.25, 0.3) is 0 Å². The molecule has 0 unspecified atom stereocenters. The maximum absolute atomic E-state index is 5.71. The van der Waals surface area contributed by atoms with Crippen LogP contribution < -0.4 is 0 Å². The maximum Gasteiger partial charge on any atom is 0.105 e. The second-order valence-electron chi connectivity index (χ2n) is 5.88. The van der Waals surface area contributed by atoms with E-state index in [0.29, 0.717) is 0 Å². The molecule has 126 valence electrons. The fourth-order valence-corrected chi connectivity index (χ4v) is 5.04. The van der Waals surface area contributed by atoms with E-state index in [2.05, 4.69) is 88.7 Å². The van der Waals surface area contributed by atoms with Crippen molar-refractivity contribution < 1.29 is 0 Å². The van der Waals surface area contributed by atoms with Gasteiger partial charge in [-0.25, -0.2) is 0 Å². The van der Waals surface area contributed by atoms with Crippen LogP contribution in [0.25, 0.3) is 32.7 Å². The normalized spacial score (nSPS) is 10.7. The largest absolute Gasteiger partial charge is 0.122 e. The fourth-order valence-electron chi connectivity index (χ4n) is 3.06. The van der Waals surface area contributed by atoms with Gasteiger partial charge in [-0.05, 0) is 32.6 Å². The van der Waals surface area contributed by atoms with Crippen LogP contribution in [0.5, 0.6) is 0 Å². The highest BCUT2D eigenvalue weighted by atomic mass is 79.9. The summed E-state index contributed by atoms with van der Waals surface area (Å²) in [7, 11) is 0. The van der Waals surface area contributed by atoms with Crippen molar-refractivity contribution in [3.05, 3.63) is 99.3 Å². The molecule has 0 amide bonds. The lowest BCUT2D eigenvalue weighted by molar-refractivity contribution is 1.58. The molecular weight excluding hydrogens is 420 g/mol. The number of hydrogen-bond acceptors (Lipinski definition) is 2. The van der Waals surface area contributed by atoms with Crippen LogP contribution in [0.1, 0.15) is 0 Å². The number of halogens is 1. The lowest BCUT2D eigenvalue weighted by atomic mass is 9.93. The van der Waals surface area contributed by atoms with Crippen LogP contribution in [-0.2, 0) is 0 Å². The summed E-state index contributed by atoms with van der Waals surface area (Å²) in [5, 5.41) is 0. The predicted octanol–water partition coefficient (Wildman–Crippen LogP) is 8.24. The Morgan fingerprint density at radius 1 is 0.577 bits per heavy atom. The molecule has 0 bridgehead atoms. The highest BCUT2D eigenvalue weighted by molar-refractivity contribution is 9.10. The molecule has 1 heterocycles. The van der Waals surface area contributed by atoms with Gasteiger partial charge < -0.3 is 0 Å². The first-order valence-electron chi connectivity index (χ1n) is 8.28. The number of rotatable bonds is 3. The molecule has 0 N–H and O–H groups in total. The minimum atomic E-state index is 0.863. The first-order chi connectivity index (χ1) is 12.8. The molecule has 3 aromatic carbocycles. The van der Waals surface area contributed by atoms with Crippen molar-refractivity contribution in [3.8, 4) is 32.7 Å². The summed E-state index contributed by atoms with van der Waals surface area (Å²) in [5.74, 6) is 0. The van der Waals surface area contributed by atoms with Crippen LogP contribution in [0.15, 0.2) is 95.5 Å². The molecule has 3 heteroatoms. The van der Waals surface area contributed by atoms with Crippen molar-refractivity contribution in [2.75, 3.05) is 0 Å². The van der Waals surface area contributed by atoms with Crippen molar-refractivity contribution in [1.29, 1.82) is 0 Å². The zero-order valence-electron chi connectivity index (χ0n) is 13.9. The Morgan fingerprint density at radius 2 is 1.00 bits per heavy atom. The predicted molar refractivity (Wildman–Crippen MR) is 119 cm³/mol. The average Bonchev–Trinajstić information content (AvgIpc) is 2.71. The summed E-state index contributed by atoms with van der Waals surface area (Å²) >= 11 is 11.1. The first kappa shape index (κ1) is 17.3. The van der Waals surface area contributed by atoms with Gasteiger partial charge in [-0.15, -0.1) is 11.3 Å².